The van der Waals surface area contributed by atoms with Gasteiger partial charge in [-0.1, -0.05) is 24.3 Å². The van der Waals surface area contributed by atoms with Crippen molar-refractivity contribution in [2.75, 3.05) is 14.2 Å². The van der Waals surface area contributed by atoms with Gasteiger partial charge in [-0.2, -0.15) is 31.6 Å². The highest BCUT2D eigenvalue weighted by molar-refractivity contribution is 7.36. The van der Waals surface area contributed by atoms with Crippen LogP contribution in [0.5, 0.6) is 0 Å². The van der Waals surface area contributed by atoms with Crippen molar-refractivity contribution in [2.45, 2.75) is 11.8 Å². The largest absolute Gasteiger partial charge is 0.468 e. The number of carbonyl (C=O) groups excluding carboxylic acids is 2. The maximum absolute atomic E-state index is 13.6. The minimum absolute atomic E-state index is 0.386. The lowest BCUT2D eigenvalue weighted by Gasteiger charge is -2.71. The van der Waals surface area contributed by atoms with Crippen molar-refractivity contribution in [3.05, 3.63) is 59.7 Å². The van der Waals surface area contributed by atoms with Crippen LogP contribution in [0.2, 0.25) is 0 Å². The maximum atomic E-state index is 13.6. The van der Waals surface area contributed by atoms with Gasteiger partial charge in [0.15, 0.2) is 21.7 Å². The van der Waals surface area contributed by atoms with E-state index in [1.807, 2.05) is 66.7 Å². The van der Waals surface area contributed by atoms with Gasteiger partial charge in [0.2, 0.25) is 0 Å². The lowest BCUT2D eigenvalue weighted by atomic mass is 9.23. The van der Waals surface area contributed by atoms with Crippen LogP contribution in [0.15, 0.2) is 48.5 Å². The Morgan fingerprint density at radius 3 is 1.48 bits per heavy atom. The number of fused-ring (bicyclic) bond motifs is 12. The molecule has 2 unspecified atom stereocenters. The average Bonchev–Trinajstić information content (AvgIpc) is 3.63. The maximum Gasteiger partial charge on any atom is 0.329 e. The summed E-state index contributed by atoms with van der Waals surface area (Å²) in [5.41, 5.74) is -8.61. The first-order chi connectivity index (χ1) is 23.2. The molecule has 8 rings (SSSR count). The van der Waals surface area contributed by atoms with Gasteiger partial charge in [-0.3, -0.25) is 9.59 Å². The standard InChI is InChI=1S/C36H18N6O4S2/c1-45-31(43)35(15-41)25-19-9-22-24(48-29-21-7-17-5-3-4-6-18(17)8-23(21)47-30(22)29)10-20(19)26-28(27(25)33(35,11-37)12-38)34(13-39,14-40)36(26,16-42)32(44)46-2/h3-10,25-28H,1-2H3/t25-,26+,27-,28+,35?,36?/m1/s1. The third kappa shape index (κ3) is 2.74. The van der Waals surface area contributed by atoms with Crippen LogP contribution in [-0.4, -0.2) is 26.2 Å². The van der Waals surface area contributed by atoms with E-state index in [9.17, 15) is 41.2 Å². The summed E-state index contributed by atoms with van der Waals surface area (Å²) in [7, 11) is 2.12. The van der Waals surface area contributed by atoms with Gasteiger partial charge in [-0.25, -0.2) is 0 Å². The van der Waals surface area contributed by atoms with Crippen LogP contribution >= 0.6 is 22.7 Å². The zero-order valence-electron chi connectivity index (χ0n) is 25.1. The Morgan fingerprint density at radius 2 is 1.04 bits per heavy atom. The van der Waals surface area contributed by atoms with Crippen LogP contribution in [0.4, 0.5) is 0 Å². The molecular formula is C36H18N6O4S2. The molecule has 0 radical (unpaired) electrons. The van der Waals surface area contributed by atoms with E-state index in [1.165, 1.54) is 11.3 Å². The first kappa shape index (κ1) is 29.4. The Morgan fingerprint density at radius 1 is 0.625 bits per heavy atom. The lowest BCUT2D eigenvalue weighted by Crippen LogP contribution is -2.78. The van der Waals surface area contributed by atoms with E-state index < -0.39 is 57.3 Å². The SMILES string of the molecule is COC(=O)C1(C#N)[C@@H]2c3cc4c(cc3[C@H]3[C@@H]([C@@H]2C1(C#N)C#N)C(C#N)(C#N)C3(C#N)C(=O)OC)sc1c2cc3ccccc3cc2sc41. The van der Waals surface area contributed by atoms with Gasteiger partial charge in [-0.15, -0.1) is 22.7 Å². The highest BCUT2D eigenvalue weighted by Gasteiger charge is 2.91. The summed E-state index contributed by atoms with van der Waals surface area (Å²) in [5, 5.41) is 67.8. The van der Waals surface area contributed by atoms with Crippen LogP contribution in [0.3, 0.4) is 0 Å². The molecule has 10 nitrogen and oxygen atoms in total. The Bertz CT molecular complexity index is 2610. The van der Waals surface area contributed by atoms with E-state index >= 15 is 0 Å². The van der Waals surface area contributed by atoms with Crippen molar-refractivity contribution >= 4 is 75.0 Å². The summed E-state index contributed by atoms with van der Waals surface area (Å²) < 4.78 is 13.9. The summed E-state index contributed by atoms with van der Waals surface area (Å²) in [4.78, 5) is 27.3. The van der Waals surface area contributed by atoms with Crippen molar-refractivity contribution in [3.8, 4) is 36.4 Å². The molecule has 3 aromatic carbocycles. The molecule has 0 bridgehead atoms. The van der Waals surface area contributed by atoms with Gasteiger partial charge in [0.25, 0.3) is 0 Å². The fourth-order valence-corrected chi connectivity index (χ4v) is 11.9. The number of ether oxygens (including phenoxy) is 2. The molecule has 228 valence electrons. The number of esters is 2. The van der Waals surface area contributed by atoms with Gasteiger partial charge in [0, 0.05) is 43.8 Å². The van der Waals surface area contributed by atoms with Gasteiger partial charge < -0.3 is 9.47 Å². The predicted molar refractivity (Wildman–Crippen MR) is 172 cm³/mol. The van der Waals surface area contributed by atoms with Crippen molar-refractivity contribution in [1.29, 1.82) is 31.6 Å². The minimum atomic E-state index is -2.37. The number of carbonyl (C=O) groups is 2. The zero-order valence-corrected chi connectivity index (χ0v) is 26.7. The van der Waals surface area contributed by atoms with E-state index in [4.69, 9.17) is 9.47 Å². The van der Waals surface area contributed by atoms with E-state index in [0.717, 1.165) is 54.6 Å². The molecule has 12 heteroatoms. The summed E-state index contributed by atoms with van der Waals surface area (Å²) in [6, 6.07) is 27.4. The molecule has 2 saturated carbocycles. The molecule has 6 atom stereocenters. The topological polar surface area (TPSA) is 195 Å². The number of nitrogens with zero attached hydrogens (tertiary/aromatic N) is 6. The Labute approximate surface area is 280 Å². The molecule has 2 aromatic heterocycles. The number of methoxy groups -OCH3 is 2. The fraction of sp³-hybridized carbons (Fsp3) is 0.278. The van der Waals surface area contributed by atoms with Crippen LogP contribution in [0, 0.1) is 101 Å². The van der Waals surface area contributed by atoms with Gasteiger partial charge in [0.1, 0.15) is 0 Å². The van der Waals surface area contributed by atoms with Crippen molar-refractivity contribution < 1.29 is 19.1 Å². The zero-order chi connectivity index (χ0) is 34.0. The molecule has 2 fully saturated rings. The second kappa shape index (κ2) is 9.29. The number of benzene rings is 3. The molecule has 0 aliphatic heterocycles. The first-order valence-corrected chi connectivity index (χ1v) is 16.3. The second-order valence-corrected chi connectivity index (χ2v) is 14.5. The predicted octanol–water partition coefficient (Wildman–Crippen LogP) is 6.30. The van der Waals surface area contributed by atoms with E-state index in [0.29, 0.717) is 11.1 Å². The number of hydrogen-bond donors (Lipinski definition) is 0. The number of rotatable bonds is 2. The van der Waals surface area contributed by atoms with Gasteiger partial charge in [0.05, 0.1) is 60.0 Å². The van der Waals surface area contributed by atoms with E-state index in [-0.39, 0.29) is 0 Å². The summed E-state index contributed by atoms with van der Waals surface area (Å²) >= 11 is 3.09. The molecule has 3 aliphatic carbocycles. The van der Waals surface area contributed by atoms with E-state index in [1.54, 1.807) is 17.4 Å². The van der Waals surface area contributed by atoms with Crippen molar-refractivity contribution in [2.24, 2.45) is 33.5 Å². The smallest absolute Gasteiger partial charge is 0.329 e. The molecule has 3 aliphatic rings. The van der Waals surface area contributed by atoms with Crippen molar-refractivity contribution in [1.82, 2.24) is 0 Å². The second-order valence-electron chi connectivity index (χ2n) is 12.4. The van der Waals surface area contributed by atoms with Gasteiger partial charge >= 0.3 is 11.9 Å². The number of nitriles is 6. The van der Waals surface area contributed by atoms with Crippen LogP contribution in [-0.2, 0) is 19.1 Å². The molecule has 0 spiro atoms. The fourth-order valence-electron chi connectivity index (χ4n) is 9.24. The van der Waals surface area contributed by atoms with Crippen LogP contribution in [0.25, 0.3) is 40.3 Å². The summed E-state index contributed by atoms with van der Waals surface area (Å²) in [6.07, 6.45) is 0. The monoisotopic (exact) mass is 662 g/mol. The number of hydrogen-bond acceptors (Lipinski definition) is 12. The summed E-state index contributed by atoms with van der Waals surface area (Å²) in [6.45, 7) is 0. The highest BCUT2D eigenvalue weighted by Crippen LogP contribution is 2.84. The van der Waals surface area contributed by atoms with E-state index in [2.05, 4.69) is 12.1 Å². The molecule has 2 heterocycles. The van der Waals surface area contributed by atoms with Crippen molar-refractivity contribution in [3.63, 3.8) is 0 Å². The Hall–Kier alpha value is -6.02. The molecule has 5 aromatic rings. The Kier molecular flexibility index (Phi) is 5.69. The molecule has 0 N–H and O–H groups in total. The highest BCUT2D eigenvalue weighted by atomic mass is 32.1. The molecule has 0 saturated heterocycles. The molecular weight excluding hydrogens is 645 g/mol. The van der Waals surface area contributed by atoms with Crippen LogP contribution in [0.1, 0.15) is 23.0 Å². The number of thiophene rings is 2. The quantitative estimate of drug-likeness (QED) is 0.194. The van der Waals surface area contributed by atoms with Crippen LogP contribution < -0.4 is 0 Å². The average molecular weight is 663 g/mol. The molecule has 48 heavy (non-hydrogen) atoms. The minimum Gasteiger partial charge on any atom is -0.468 e. The Balaban J connectivity index is 1.51. The third-order valence-electron chi connectivity index (χ3n) is 11.2. The summed E-state index contributed by atoms with van der Waals surface area (Å²) in [5.74, 6) is -7.03. The lowest BCUT2D eigenvalue weighted by molar-refractivity contribution is -0.218. The third-order valence-corrected chi connectivity index (χ3v) is 13.7. The molecule has 0 amide bonds. The first-order valence-electron chi connectivity index (χ1n) is 14.7. The van der Waals surface area contributed by atoms with Gasteiger partial charge in [-0.05, 0) is 46.2 Å². The normalized spacial score (nSPS) is 28.3.